The Morgan fingerprint density at radius 2 is 2.26 bits per heavy atom. The lowest BCUT2D eigenvalue weighted by Gasteiger charge is -2.29. The minimum absolute atomic E-state index is 0.351. The van der Waals surface area contributed by atoms with Crippen molar-refractivity contribution in [2.75, 3.05) is 19.0 Å². The van der Waals surface area contributed by atoms with Gasteiger partial charge in [-0.3, -0.25) is 0 Å². The molecule has 0 saturated heterocycles. The Kier molecular flexibility index (Phi) is 4.77. The maximum absolute atomic E-state index is 11.4. The molecule has 2 unspecified atom stereocenters. The average molecular weight is 262 g/mol. The minimum atomic E-state index is -0.394. The Hall–Kier alpha value is -1.58. The molecule has 0 spiro atoms. The first-order valence-corrected chi connectivity index (χ1v) is 6.99. The van der Waals surface area contributed by atoms with Crippen molar-refractivity contribution in [2.24, 2.45) is 11.8 Å². The second-order valence-electron chi connectivity index (χ2n) is 5.32. The van der Waals surface area contributed by atoms with Crippen LogP contribution < -0.4 is 5.32 Å². The number of nitrogens with zero attached hydrogens (tertiary/aromatic N) is 1. The van der Waals surface area contributed by atoms with Gasteiger partial charge in [0.1, 0.15) is 5.69 Å². The molecular weight excluding hydrogens is 240 g/mol. The van der Waals surface area contributed by atoms with Gasteiger partial charge in [0.2, 0.25) is 0 Å². The van der Waals surface area contributed by atoms with Crippen LogP contribution >= 0.6 is 0 Å². The van der Waals surface area contributed by atoms with E-state index in [4.69, 9.17) is 0 Å². The van der Waals surface area contributed by atoms with E-state index < -0.39 is 5.97 Å². The summed E-state index contributed by atoms with van der Waals surface area (Å²) in [4.78, 5) is 15.4. The van der Waals surface area contributed by atoms with Crippen molar-refractivity contribution in [3.05, 3.63) is 24.0 Å². The SMILES string of the molecule is COC(=O)c1cc(NCC2CCCCC2C)ccn1. The van der Waals surface area contributed by atoms with Crippen molar-refractivity contribution in [1.29, 1.82) is 0 Å². The number of rotatable bonds is 4. The third kappa shape index (κ3) is 3.69. The van der Waals surface area contributed by atoms with Crippen LogP contribution in [0.2, 0.25) is 0 Å². The van der Waals surface area contributed by atoms with Crippen LogP contribution in [0.1, 0.15) is 43.1 Å². The van der Waals surface area contributed by atoms with Crippen LogP contribution in [-0.2, 0) is 4.74 Å². The van der Waals surface area contributed by atoms with Gasteiger partial charge in [-0.1, -0.05) is 26.2 Å². The summed E-state index contributed by atoms with van der Waals surface area (Å²) in [5.41, 5.74) is 1.29. The third-order valence-corrected chi connectivity index (χ3v) is 4.01. The van der Waals surface area contributed by atoms with Gasteiger partial charge in [-0.25, -0.2) is 9.78 Å². The quantitative estimate of drug-likeness (QED) is 0.847. The second kappa shape index (κ2) is 6.55. The van der Waals surface area contributed by atoms with Crippen LogP contribution in [0.4, 0.5) is 5.69 Å². The predicted octanol–water partition coefficient (Wildman–Crippen LogP) is 3.11. The lowest BCUT2D eigenvalue weighted by atomic mass is 9.80. The van der Waals surface area contributed by atoms with Gasteiger partial charge in [0, 0.05) is 18.4 Å². The van der Waals surface area contributed by atoms with E-state index in [1.807, 2.05) is 6.07 Å². The molecule has 2 rings (SSSR count). The number of carbonyl (C=O) groups is 1. The largest absolute Gasteiger partial charge is 0.464 e. The highest BCUT2D eigenvalue weighted by atomic mass is 16.5. The summed E-state index contributed by atoms with van der Waals surface area (Å²) < 4.78 is 4.67. The molecule has 1 aromatic heterocycles. The number of ether oxygens (including phenoxy) is 1. The number of anilines is 1. The standard InChI is InChI=1S/C15H22N2O2/c1-11-5-3-4-6-12(11)10-17-13-7-8-16-14(9-13)15(18)19-2/h7-9,11-12H,3-6,10H2,1-2H3,(H,16,17). The predicted molar refractivity (Wildman–Crippen MR) is 75.2 cm³/mol. The molecule has 0 aliphatic heterocycles. The zero-order valence-electron chi connectivity index (χ0n) is 11.7. The first-order valence-electron chi connectivity index (χ1n) is 6.99. The van der Waals surface area contributed by atoms with Gasteiger partial charge < -0.3 is 10.1 Å². The molecule has 0 aromatic carbocycles. The maximum atomic E-state index is 11.4. The van der Waals surface area contributed by atoms with E-state index in [-0.39, 0.29) is 0 Å². The monoisotopic (exact) mass is 262 g/mol. The molecule has 19 heavy (non-hydrogen) atoms. The maximum Gasteiger partial charge on any atom is 0.356 e. The molecule has 1 aliphatic carbocycles. The number of esters is 1. The molecule has 1 fully saturated rings. The summed E-state index contributed by atoms with van der Waals surface area (Å²) in [6.45, 7) is 3.30. The zero-order chi connectivity index (χ0) is 13.7. The first kappa shape index (κ1) is 13.8. The van der Waals surface area contributed by atoms with Crippen LogP contribution in [0.15, 0.2) is 18.3 Å². The van der Waals surface area contributed by atoms with Gasteiger partial charge in [-0.2, -0.15) is 0 Å². The summed E-state index contributed by atoms with van der Waals surface area (Å²) in [5.74, 6) is 1.11. The van der Waals surface area contributed by atoms with Crippen molar-refractivity contribution in [2.45, 2.75) is 32.6 Å². The molecule has 0 bridgehead atoms. The normalized spacial score (nSPS) is 22.8. The molecule has 1 heterocycles. The average Bonchev–Trinajstić information content (AvgIpc) is 2.46. The smallest absolute Gasteiger partial charge is 0.356 e. The van der Waals surface area contributed by atoms with Crippen LogP contribution in [0.3, 0.4) is 0 Å². The Bertz CT molecular complexity index is 434. The molecule has 0 radical (unpaired) electrons. The second-order valence-corrected chi connectivity index (χ2v) is 5.32. The fraction of sp³-hybridized carbons (Fsp3) is 0.600. The molecule has 1 N–H and O–H groups in total. The van der Waals surface area contributed by atoms with Gasteiger partial charge in [0.15, 0.2) is 0 Å². The number of nitrogens with one attached hydrogen (secondary N) is 1. The number of hydrogen-bond donors (Lipinski definition) is 1. The van der Waals surface area contributed by atoms with E-state index in [0.717, 1.165) is 24.1 Å². The highest BCUT2D eigenvalue weighted by molar-refractivity contribution is 5.88. The molecule has 0 amide bonds. The van der Waals surface area contributed by atoms with E-state index in [1.165, 1.54) is 32.8 Å². The number of hydrogen-bond acceptors (Lipinski definition) is 4. The minimum Gasteiger partial charge on any atom is -0.464 e. The van der Waals surface area contributed by atoms with Gasteiger partial charge in [0.25, 0.3) is 0 Å². The summed E-state index contributed by atoms with van der Waals surface area (Å²) >= 11 is 0. The topological polar surface area (TPSA) is 51.2 Å². The number of pyridine rings is 1. The molecule has 1 aromatic rings. The Morgan fingerprint density at radius 3 is 3.00 bits per heavy atom. The molecule has 104 valence electrons. The van der Waals surface area contributed by atoms with Crippen molar-refractivity contribution < 1.29 is 9.53 Å². The summed E-state index contributed by atoms with van der Waals surface area (Å²) in [5, 5.41) is 3.42. The van der Waals surface area contributed by atoms with E-state index in [1.54, 1.807) is 12.3 Å². The Morgan fingerprint density at radius 1 is 1.47 bits per heavy atom. The Labute approximate surface area is 114 Å². The van der Waals surface area contributed by atoms with Crippen molar-refractivity contribution in [3.8, 4) is 0 Å². The fourth-order valence-corrected chi connectivity index (χ4v) is 2.70. The van der Waals surface area contributed by atoms with Crippen LogP contribution in [0, 0.1) is 11.8 Å². The zero-order valence-corrected chi connectivity index (χ0v) is 11.7. The number of carbonyl (C=O) groups excluding carboxylic acids is 1. The van der Waals surface area contributed by atoms with Crippen LogP contribution in [0.5, 0.6) is 0 Å². The molecule has 2 atom stereocenters. The van der Waals surface area contributed by atoms with Crippen LogP contribution in [0.25, 0.3) is 0 Å². The number of aromatic nitrogens is 1. The lowest BCUT2D eigenvalue weighted by molar-refractivity contribution is 0.0594. The summed E-state index contributed by atoms with van der Waals surface area (Å²) in [6, 6.07) is 3.64. The highest BCUT2D eigenvalue weighted by Crippen LogP contribution is 2.29. The van der Waals surface area contributed by atoms with Gasteiger partial charge in [-0.15, -0.1) is 0 Å². The van der Waals surface area contributed by atoms with Gasteiger partial charge >= 0.3 is 5.97 Å². The first-order chi connectivity index (χ1) is 9.20. The van der Waals surface area contributed by atoms with Crippen molar-refractivity contribution >= 4 is 11.7 Å². The van der Waals surface area contributed by atoms with E-state index in [9.17, 15) is 4.79 Å². The van der Waals surface area contributed by atoms with Gasteiger partial charge in [-0.05, 0) is 30.4 Å². The fourth-order valence-electron chi connectivity index (χ4n) is 2.70. The van der Waals surface area contributed by atoms with Crippen LogP contribution in [-0.4, -0.2) is 24.6 Å². The third-order valence-electron chi connectivity index (χ3n) is 4.01. The van der Waals surface area contributed by atoms with E-state index >= 15 is 0 Å². The van der Waals surface area contributed by atoms with Crippen molar-refractivity contribution in [3.63, 3.8) is 0 Å². The van der Waals surface area contributed by atoms with E-state index in [0.29, 0.717) is 5.69 Å². The molecule has 4 heteroatoms. The molecule has 1 aliphatic rings. The Balaban J connectivity index is 1.93. The van der Waals surface area contributed by atoms with E-state index in [2.05, 4.69) is 22.0 Å². The number of methoxy groups -OCH3 is 1. The lowest BCUT2D eigenvalue weighted by Crippen LogP contribution is -2.24. The highest BCUT2D eigenvalue weighted by Gasteiger charge is 2.20. The molecule has 1 saturated carbocycles. The summed E-state index contributed by atoms with van der Waals surface area (Å²) in [7, 11) is 1.37. The van der Waals surface area contributed by atoms with Crippen molar-refractivity contribution in [1.82, 2.24) is 4.98 Å². The summed E-state index contributed by atoms with van der Waals surface area (Å²) in [6.07, 6.45) is 6.96. The van der Waals surface area contributed by atoms with Gasteiger partial charge in [0.05, 0.1) is 7.11 Å². The molecule has 4 nitrogen and oxygen atoms in total. The molecular formula is C15H22N2O2.